The van der Waals surface area contributed by atoms with Crippen LogP contribution in [-0.4, -0.2) is 45.4 Å². The molecule has 0 aromatic rings. The Morgan fingerprint density at radius 2 is 1.93 bits per heavy atom. The molecule has 0 radical (unpaired) electrons. The Hall–Kier alpha value is -0.210. The topological polar surface area (TPSA) is 87.7 Å². The number of nitrogens with one attached hydrogen (secondary N) is 2. The van der Waals surface area contributed by atoms with Gasteiger partial charge in [0, 0.05) is 12.6 Å². The van der Waals surface area contributed by atoms with E-state index >= 15 is 0 Å². The standard InChI is InChI=1S/C8H20N2O4S/c1-8(2,3)10-15(12,13)9-7(5-11)6-14-4/h7,9-11H,5-6H2,1-4H3. The van der Waals surface area contributed by atoms with E-state index in [1.165, 1.54) is 7.11 Å². The van der Waals surface area contributed by atoms with Gasteiger partial charge in [0.1, 0.15) is 0 Å². The van der Waals surface area contributed by atoms with E-state index in [1.807, 2.05) is 0 Å². The summed E-state index contributed by atoms with van der Waals surface area (Å²) in [4.78, 5) is 0. The lowest BCUT2D eigenvalue weighted by Gasteiger charge is -2.23. The first kappa shape index (κ1) is 14.8. The maximum Gasteiger partial charge on any atom is 0.277 e. The molecule has 0 saturated carbocycles. The van der Waals surface area contributed by atoms with Gasteiger partial charge < -0.3 is 9.84 Å². The second-order valence-electron chi connectivity index (χ2n) is 4.31. The van der Waals surface area contributed by atoms with Gasteiger partial charge in [-0.05, 0) is 20.8 Å². The molecule has 3 N–H and O–H groups in total. The number of rotatable bonds is 6. The molecule has 0 saturated heterocycles. The smallest absolute Gasteiger partial charge is 0.277 e. The van der Waals surface area contributed by atoms with E-state index in [4.69, 9.17) is 9.84 Å². The van der Waals surface area contributed by atoms with Gasteiger partial charge in [-0.2, -0.15) is 17.9 Å². The third-order valence-electron chi connectivity index (χ3n) is 1.35. The fraction of sp³-hybridized carbons (Fsp3) is 1.00. The lowest BCUT2D eigenvalue weighted by molar-refractivity contribution is 0.138. The van der Waals surface area contributed by atoms with Crippen LogP contribution >= 0.6 is 0 Å². The molecule has 0 spiro atoms. The first-order valence-corrected chi connectivity index (χ1v) is 6.09. The summed E-state index contributed by atoms with van der Waals surface area (Å²) in [6.45, 7) is 5.02. The maximum absolute atomic E-state index is 11.5. The van der Waals surface area contributed by atoms with Crippen molar-refractivity contribution >= 4 is 10.2 Å². The third-order valence-corrected chi connectivity index (χ3v) is 2.88. The van der Waals surface area contributed by atoms with Gasteiger partial charge in [-0.3, -0.25) is 0 Å². The molecule has 0 aliphatic rings. The Bertz CT molecular complexity index is 271. The molecule has 0 aromatic heterocycles. The third kappa shape index (κ3) is 7.69. The first-order chi connectivity index (χ1) is 6.70. The highest BCUT2D eigenvalue weighted by molar-refractivity contribution is 7.87. The van der Waals surface area contributed by atoms with Crippen LogP contribution in [0.1, 0.15) is 20.8 Å². The highest BCUT2D eigenvalue weighted by atomic mass is 32.2. The van der Waals surface area contributed by atoms with Crippen molar-refractivity contribution in [3.8, 4) is 0 Å². The molecule has 0 aliphatic carbocycles. The number of aliphatic hydroxyl groups is 1. The Kier molecular flexibility index (Phi) is 5.68. The van der Waals surface area contributed by atoms with Crippen LogP contribution in [0, 0.1) is 0 Å². The maximum atomic E-state index is 11.5. The molecular weight excluding hydrogens is 220 g/mol. The van der Waals surface area contributed by atoms with Crippen LogP contribution in [-0.2, 0) is 14.9 Å². The summed E-state index contributed by atoms with van der Waals surface area (Å²) in [5.74, 6) is 0. The van der Waals surface area contributed by atoms with E-state index < -0.39 is 21.8 Å². The predicted octanol–water partition coefficient (Wildman–Crippen LogP) is -0.784. The summed E-state index contributed by atoms with van der Waals surface area (Å²) in [6.07, 6.45) is 0. The quantitative estimate of drug-likeness (QED) is 0.568. The van der Waals surface area contributed by atoms with Crippen molar-refractivity contribution in [2.75, 3.05) is 20.3 Å². The van der Waals surface area contributed by atoms with E-state index in [2.05, 4.69) is 9.44 Å². The minimum absolute atomic E-state index is 0.127. The molecule has 0 rings (SSSR count). The highest BCUT2D eigenvalue weighted by Crippen LogP contribution is 2.01. The second kappa shape index (κ2) is 5.76. The normalized spacial score (nSPS) is 15.3. The molecule has 1 atom stereocenters. The molecule has 0 aliphatic heterocycles. The van der Waals surface area contributed by atoms with Crippen LogP contribution in [0.4, 0.5) is 0 Å². The van der Waals surface area contributed by atoms with Crippen LogP contribution in [0.15, 0.2) is 0 Å². The Morgan fingerprint density at radius 1 is 1.40 bits per heavy atom. The molecule has 0 aromatic carbocycles. The van der Waals surface area contributed by atoms with Gasteiger partial charge >= 0.3 is 0 Å². The Labute approximate surface area is 91.2 Å². The lowest BCUT2D eigenvalue weighted by Crippen LogP contribution is -2.51. The van der Waals surface area contributed by atoms with Crippen molar-refractivity contribution in [3.63, 3.8) is 0 Å². The average molecular weight is 240 g/mol. The molecule has 92 valence electrons. The average Bonchev–Trinajstić information content (AvgIpc) is 1.98. The first-order valence-electron chi connectivity index (χ1n) is 4.61. The number of hydrogen-bond acceptors (Lipinski definition) is 4. The molecule has 6 nitrogen and oxygen atoms in total. The van der Waals surface area contributed by atoms with Crippen LogP contribution in [0.3, 0.4) is 0 Å². The minimum Gasteiger partial charge on any atom is -0.395 e. The molecule has 0 amide bonds. The van der Waals surface area contributed by atoms with Gasteiger partial charge in [-0.15, -0.1) is 0 Å². The summed E-state index contributed by atoms with van der Waals surface area (Å²) in [7, 11) is -2.17. The summed E-state index contributed by atoms with van der Waals surface area (Å²) in [6, 6.07) is -0.630. The number of ether oxygens (including phenoxy) is 1. The molecule has 1 unspecified atom stereocenters. The molecule has 0 fully saturated rings. The van der Waals surface area contributed by atoms with Gasteiger partial charge in [0.25, 0.3) is 10.2 Å². The molecule has 0 heterocycles. The molecule has 0 bridgehead atoms. The SMILES string of the molecule is COCC(CO)NS(=O)(=O)NC(C)(C)C. The second-order valence-corrected chi connectivity index (χ2v) is 5.75. The van der Waals surface area contributed by atoms with Crippen LogP contribution in [0.25, 0.3) is 0 Å². The van der Waals surface area contributed by atoms with Crippen molar-refractivity contribution in [1.29, 1.82) is 0 Å². The van der Waals surface area contributed by atoms with Gasteiger partial charge in [-0.1, -0.05) is 0 Å². The number of aliphatic hydroxyl groups excluding tert-OH is 1. The van der Waals surface area contributed by atoms with Gasteiger partial charge in [0.2, 0.25) is 0 Å². The van der Waals surface area contributed by atoms with Crippen LogP contribution in [0.2, 0.25) is 0 Å². The Morgan fingerprint density at radius 3 is 2.27 bits per heavy atom. The molecule has 15 heavy (non-hydrogen) atoms. The predicted molar refractivity (Wildman–Crippen MR) is 57.7 cm³/mol. The van der Waals surface area contributed by atoms with Crippen molar-refractivity contribution in [1.82, 2.24) is 9.44 Å². The van der Waals surface area contributed by atoms with E-state index in [0.29, 0.717) is 0 Å². The summed E-state index contributed by atoms with van der Waals surface area (Å²) >= 11 is 0. The van der Waals surface area contributed by atoms with Crippen molar-refractivity contribution in [3.05, 3.63) is 0 Å². The highest BCUT2D eigenvalue weighted by Gasteiger charge is 2.22. The largest absolute Gasteiger partial charge is 0.395 e. The summed E-state index contributed by atoms with van der Waals surface area (Å²) in [5, 5.41) is 8.88. The van der Waals surface area contributed by atoms with E-state index in [0.717, 1.165) is 0 Å². The van der Waals surface area contributed by atoms with Crippen molar-refractivity contribution in [2.24, 2.45) is 0 Å². The summed E-state index contributed by atoms with van der Waals surface area (Å²) < 4.78 is 32.5. The monoisotopic (exact) mass is 240 g/mol. The van der Waals surface area contributed by atoms with Gasteiger partial charge in [0.05, 0.1) is 19.3 Å². The summed E-state index contributed by atoms with van der Waals surface area (Å²) in [5.41, 5.74) is -0.557. The van der Waals surface area contributed by atoms with Gasteiger partial charge in [0.15, 0.2) is 0 Å². The van der Waals surface area contributed by atoms with Crippen molar-refractivity contribution < 1.29 is 18.3 Å². The van der Waals surface area contributed by atoms with Crippen LogP contribution < -0.4 is 9.44 Å². The number of methoxy groups -OCH3 is 1. The fourth-order valence-corrected chi connectivity index (χ4v) is 2.42. The number of hydrogen-bond donors (Lipinski definition) is 3. The van der Waals surface area contributed by atoms with Crippen molar-refractivity contribution in [2.45, 2.75) is 32.4 Å². The van der Waals surface area contributed by atoms with Crippen LogP contribution in [0.5, 0.6) is 0 Å². The fourth-order valence-electron chi connectivity index (χ4n) is 0.977. The minimum atomic E-state index is -3.61. The zero-order chi connectivity index (χ0) is 12.1. The molecule has 7 heteroatoms. The Balaban J connectivity index is 4.36. The van der Waals surface area contributed by atoms with Gasteiger partial charge in [-0.25, -0.2) is 0 Å². The van der Waals surface area contributed by atoms with E-state index in [-0.39, 0.29) is 13.2 Å². The zero-order valence-corrected chi connectivity index (χ0v) is 10.4. The lowest BCUT2D eigenvalue weighted by atomic mass is 10.1. The molecular formula is C8H20N2O4S. The zero-order valence-electron chi connectivity index (χ0n) is 9.57. The van der Waals surface area contributed by atoms with E-state index in [9.17, 15) is 8.42 Å². The van der Waals surface area contributed by atoms with E-state index in [1.54, 1.807) is 20.8 Å².